The van der Waals surface area contributed by atoms with Gasteiger partial charge in [-0.25, -0.2) is 0 Å². The zero-order valence-electron chi connectivity index (χ0n) is 16.8. The minimum absolute atomic E-state index is 0.0718. The molecule has 0 amide bonds. The smallest absolute Gasteiger partial charge is 0.310 e. The number of carbonyl (C=O) groups excluding carboxylic acids is 1. The quantitative estimate of drug-likeness (QED) is 0.485. The molecule has 0 spiro atoms. The number of hydrogen-bond donors (Lipinski definition) is 1. The van der Waals surface area contributed by atoms with Gasteiger partial charge in [-0.15, -0.1) is 0 Å². The third-order valence-electron chi connectivity index (χ3n) is 5.64. The number of guanidine groups is 1. The van der Waals surface area contributed by atoms with E-state index in [0.717, 1.165) is 51.6 Å². The van der Waals surface area contributed by atoms with Gasteiger partial charge in [0.25, 0.3) is 0 Å². The van der Waals surface area contributed by atoms with Gasteiger partial charge in [0, 0.05) is 39.3 Å². The SMILES string of the molecule is CCNC(=NCCN1CCc2ccccc2C1)N1CC(C)C(C(=O)OC)C1. The molecule has 1 aromatic rings. The van der Waals surface area contributed by atoms with E-state index >= 15 is 0 Å². The molecule has 0 saturated carbocycles. The van der Waals surface area contributed by atoms with E-state index in [1.165, 1.54) is 18.2 Å². The lowest BCUT2D eigenvalue weighted by molar-refractivity contribution is -0.145. The normalized spacial score (nSPS) is 23.2. The summed E-state index contributed by atoms with van der Waals surface area (Å²) in [7, 11) is 1.47. The Morgan fingerprint density at radius 2 is 2.07 bits per heavy atom. The molecule has 0 aromatic heterocycles. The van der Waals surface area contributed by atoms with Crippen molar-refractivity contribution in [3.63, 3.8) is 0 Å². The van der Waals surface area contributed by atoms with Crippen molar-refractivity contribution >= 4 is 11.9 Å². The van der Waals surface area contributed by atoms with Crippen LogP contribution in [-0.4, -0.2) is 68.1 Å². The van der Waals surface area contributed by atoms with E-state index in [1.54, 1.807) is 0 Å². The van der Waals surface area contributed by atoms with Gasteiger partial charge in [-0.05, 0) is 30.4 Å². The van der Waals surface area contributed by atoms with Crippen molar-refractivity contribution in [3.05, 3.63) is 35.4 Å². The van der Waals surface area contributed by atoms with Crippen LogP contribution in [0.3, 0.4) is 0 Å². The van der Waals surface area contributed by atoms with Crippen molar-refractivity contribution in [1.29, 1.82) is 0 Å². The summed E-state index contributed by atoms with van der Waals surface area (Å²) in [6, 6.07) is 8.71. The molecule has 148 valence electrons. The van der Waals surface area contributed by atoms with E-state index in [9.17, 15) is 4.79 Å². The van der Waals surface area contributed by atoms with Gasteiger partial charge in [-0.3, -0.25) is 14.7 Å². The van der Waals surface area contributed by atoms with E-state index in [-0.39, 0.29) is 17.8 Å². The Morgan fingerprint density at radius 3 is 2.81 bits per heavy atom. The maximum atomic E-state index is 12.0. The Hall–Kier alpha value is -2.08. The van der Waals surface area contributed by atoms with Crippen LogP contribution in [0.1, 0.15) is 25.0 Å². The lowest BCUT2D eigenvalue weighted by atomic mass is 9.99. The summed E-state index contributed by atoms with van der Waals surface area (Å²) < 4.78 is 4.95. The van der Waals surface area contributed by atoms with E-state index < -0.39 is 0 Å². The first-order valence-corrected chi connectivity index (χ1v) is 10.0. The summed E-state index contributed by atoms with van der Waals surface area (Å²) in [5, 5.41) is 3.38. The Kier molecular flexibility index (Phi) is 6.72. The number of carbonyl (C=O) groups is 1. The Labute approximate surface area is 162 Å². The van der Waals surface area contributed by atoms with Crippen LogP contribution in [-0.2, 0) is 22.5 Å². The van der Waals surface area contributed by atoms with Crippen LogP contribution in [0.5, 0.6) is 0 Å². The second-order valence-corrected chi connectivity index (χ2v) is 7.54. The number of fused-ring (bicyclic) bond motifs is 1. The van der Waals surface area contributed by atoms with Gasteiger partial charge in [0.05, 0.1) is 19.6 Å². The fraction of sp³-hybridized carbons (Fsp3) is 0.619. The van der Waals surface area contributed by atoms with Crippen LogP contribution in [0.2, 0.25) is 0 Å². The number of hydrogen-bond acceptors (Lipinski definition) is 4. The van der Waals surface area contributed by atoms with Crippen LogP contribution in [0.25, 0.3) is 0 Å². The second-order valence-electron chi connectivity index (χ2n) is 7.54. The van der Waals surface area contributed by atoms with Gasteiger partial charge in [0.15, 0.2) is 5.96 Å². The van der Waals surface area contributed by atoms with Crippen LogP contribution in [0.15, 0.2) is 29.3 Å². The molecule has 1 N–H and O–H groups in total. The van der Waals surface area contributed by atoms with Crippen molar-refractivity contribution < 1.29 is 9.53 Å². The monoisotopic (exact) mass is 372 g/mol. The molecular weight excluding hydrogens is 340 g/mol. The number of ether oxygens (including phenoxy) is 1. The third kappa shape index (κ3) is 4.80. The highest BCUT2D eigenvalue weighted by Gasteiger charge is 2.36. The zero-order chi connectivity index (χ0) is 19.2. The van der Waals surface area contributed by atoms with Crippen LogP contribution < -0.4 is 5.32 Å². The highest BCUT2D eigenvalue weighted by atomic mass is 16.5. The van der Waals surface area contributed by atoms with Crippen molar-refractivity contribution in [3.8, 4) is 0 Å². The Morgan fingerprint density at radius 1 is 1.30 bits per heavy atom. The average molecular weight is 373 g/mol. The molecule has 2 aliphatic rings. The number of rotatable bonds is 5. The molecule has 1 saturated heterocycles. The van der Waals surface area contributed by atoms with Gasteiger partial charge >= 0.3 is 5.97 Å². The molecule has 0 bridgehead atoms. The van der Waals surface area contributed by atoms with Crippen LogP contribution >= 0.6 is 0 Å². The number of nitrogens with zero attached hydrogens (tertiary/aromatic N) is 3. The second kappa shape index (κ2) is 9.22. The standard InChI is InChI=1S/C21H32N4O2/c1-4-22-21(25-13-16(2)19(15-25)20(26)27-3)23-10-12-24-11-9-17-7-5-6-8-18(17)14-24/h5-8,16,19H,4,9-15H2,1-3H3,(H,22,23). The number of methoxy groups -OCH3 is 1. The van der Waals surface area contributed by atoms with E-state index in [2.05, 4.69) is 53.2 Å². The largest absolute Gasteiger partial charge is 0.469 e. The molecule has 1 fully saturated rings. The predicted octanol–water partition coefficient (Wildman–Crippen LogP) is 1.75. The number of esters is 1. The fourth-order valence-corrected chi connectivity index (χ4v) is 4.07. The number of likely N-dealkylation sites (tertiary alicyclic amines) is 1. The van der Waals surface area contributed by atoms with Gasteiger partial charge < -0.3 is 15.0 Å². The van der Waals surface area contributed by atoms with E-state index in [0.29, 0.717) is 6.54 Å². The van der Waals surface area contributed by atoms with Gasteiger partial charge in [-0.1, -0.05) is 31.2 Å². The molecule has 2 aliphatic heterocycles. The first-order chi connectivity index (χ1) is 13.1. The molecular formula is C21H32N4O2. The van der Waals surface area contributed by atoms with Crippen molar-refractivity contribution in [2.24, 2.45) is 16.8 Å². The molecule has 0 radical (unpaired) electrons. The van der Waals surface area contributed by atoms with Crippen molar-refractivity contribution in [2.45, 2.75) is 26.8 Å². The zero-order valence-corrected chi connectivity index (χ0v) is 16.8. The summed E-state index contributed by atoms with van der Waals surface area (Å²) in [5.74, 6) is 0.998. The Bertz CT molecular complexity index is 676. The average Bonchev–Trinajstić information content (AvgIpc) is 3.08. The lowest BCUT2D eigenvalue weighted by Gasteiger charge is -2.28. The van der Waals surface area contributed by atoms with Gasteiger partial charge in [0.1, 0.15) is 0 Å². The highest BCUT2D eigenvalue weighted by molar-refractivity contribution is 5.82. The highest BCUT2D eigenvalue weighted by Crippen LogP contribution is 2.24. The van der Waals surface area contributed by atoms with Gasteiger partial charge in [-0.2, -0.15) is 0 Å². The lowest BCUT2D eigenvalue weighted by Crippen LogP contribution is -2.41. The molecule has 2 unspecified atom stereocenters. The van der Waals surface area contributed by atoms with Crippen molar-refractivity contribution in [1.82, 2.24) is 15.1 Å². The molecule has 2 atom stereocenters. The first kappa shape index (κ1) is 19.7. The summed E-state index contributed by atoms with van der Waals surface area (Å²) in [6.07, 6.45) is 1.12. The summed E-state index contributed by atoms with van der Waals surface area (Å²) >= 11 is 0. The third-order valence-corrected chi connectivity index (χ3v) is 5.64. The van der Waals surface area contributed by atoms with Crippen LogP contribution in [0, 0.1) is 11.8 Å². The first-order valence-electron chi connectivity index (χ1n) is 10.0. The minimum atomic E-state index is -0.118. The fourth-order valence-electron chi connectivity index (χ4n) is 4.07. The topological polar surface area (TPSA) is 57.2 Å². The maximum absolute atomic E-state index is 12.0. The number of aliphatic imine (C=N–C) groups is 1. The molecule has 2 heterocycles. The maximum Gasteiger partial charge on any atom is 0.310 e. The summed E-state index contributed by atoms with van der Waals surface area (Å²) in [4.78, 5) is 21.5. The summed E-state index contributed by atoms with van der Waals surface area (Å²) in [6.45, 7) is 10.3. The minimum Gasteiger partial charge on any atom is -0.469 e. The Balaban J connectivity index is 1.56. The molecule has 3 rings (SSSR count). The predicted molar refractivity (Wildman–Crippen MR) is 108 cm³/mol. The van der Waals surface area contributed by atoms with Crippen molar-refractivity contribution in [2.75, 3.05) is 46.4 Å². The molecule has 6 heteroatoms. The van der Waals surface area contributed by atoms with Crippen LogP contribution in [0.4, 0.5) is 0 Å². The molecule has 27 heavy (non-hydrogen) atoms. The van der Waals surface area contributed by atoms with E-state index in [4.69, 9.17) is 9.73 Å². The molecule has 0 aliphatic carbocycles. The summed E-state index contributed by atoms with van der Waals surface area (Å²) in [5.41, 5.74) is 2.92. The van der Waals surface area contributed by atoms with E-state index in [1.807, 2.05) is 0 Å². The molecule has 1 aromatic carbocycles. The van der Waals surface area contributed by atoms with Gasteiger partial charge in [0.2, 0.25) is 0 Å². The number of benzene rings is 1. The number of nitrogens with one attached hydrogen (secondary N) is 1. The molecule has 6 nitrogen and oxygen atoms in total.